The number of halogens is 1. The van der Waals surface area contributed by atoms with Crippen LogP contribution in [0.4, 0.5) is 9.18 Å². The molecule has 3 fully saturated rings. The zero-order chi connectivity index (χ0) is 24.2. The number of carbonyl (C=O) groups excluding carboxylic acids is 2. The van der Waals surface area contributed by atoms with Gasteiger partial charge < -0.3 is 4.74 Å². The average molecular weight is 465 g/mol. The predicted molar refractivity (Wildman–Crippen MR) is 122 cm³/mol. The van der Waals surface area contributed by atoms with Gasteiger partial charge in [0.25, 0.3) is 0 Å². The van der Waals surface area contributed by atoms with Crippen molar-refractivity contribution in [3.63, 3.8) is 0 Å². The van der Waals surface area contributed by atoms with Gasteiger partial charge in [-0.25, -0.2) is 9.18 Å². The highest BCUT2D eigenvalue weighted by molar-refractivity contribution is 5.89. The number of hydrogen-bond donors (Lipinski definition) is 1. The van der Waals surface area contributed by atoms with E-state index in [1.54, 1.807) is 29.3 Å². The molecule has 178 valence electrons. The lowest BCUT2D eigenvalue weighted by molar-refractivity contribution is -0.126. The van der Waals surface area contributed by atoms with E-state index in [9.17, 15) is 19.2 Å². The quantitative estimate of drug-likeness (QED) is 0.679. The molecule has 2 aromatic rings. The summed E-state index contributed by atoms with van der Waals surface area (Å²) >= 11 is 0. The first-order chi connectivity index (χ1) is 16.2. The largest absolute Gasteiger partial charge is 0.444 e. The second kappa shape index (κ2) is 8.23. The number of piperidine rings is 1. The molecule has 0 unspecified atom stereocenters. The number of H-pyrrole nitrogens is 1. The van der Waals surface area contributed by atoms with Crippen LogP contribution in [0.3, 0.4) is 0 Å². The number of aromatic nitrogens is 2. The van der Waals surface area contributed by atoms with Crippen LogP contribution >= 0.6 is 0 Å². The number of nitrogens with one attached hydrogen (secondary N) is 1. The van der Waals surface area contributed by atoms with Crippen LogP contribution in [0.5, 0.6) is 0 Å². The Morgan fingerprint density at radius 3 is 2.71 bits per heavy atom. The van der Waals surface area contributed by atoms with Gasteiger partial charge in [-0.15, -0.1) is 0 Å². The second-order valence-corrected chi connectivity index (χ2v) is 10.8. The van der Waals surface area contributed by atoms with E-state index in [2.05, 4.69) is 16.3 Å². The van der Waals surface area contributed by atoms with Crippen molar-refractivity contribution in [1.82, 2.24) is 15.1 Å². The van der Waals surface area contributed by atoms with Crippen molar-refractivity contribution >= 4 is 11.9 Å². The first-order valence-electron chi connectivity index (χ1n) is 11.9. The Balaban J connectivity index is 1.29. The summed E-state index contributed by atoms with van der Waals surface area (Å²) in [5, 5.41) is 16.4. The van der Waals surface area contributed by atoms with Crippen molar-refractivity contribution in [2.45, 2.75) is 64.1 Å². The number of nitrogens with zero attached hydrogens (tertiary/aromatic N) is 3. The number of fused-ring (bicyclic) bond motifs is 5. The molecule has 1 aromatic heterocycles. The van der Waals surface area contributed by atoms with Crippen LogP contribution < -0.4 is 0 Å². The Bertz CT molecular complexity index is 1150. The first kappa shape index (κ1) is 22.6. The maximum absolute atomic E-state index is 14.8. The lowest BCUT2D eigenvalue weighted by atomic mass is 9.87. The van der Waals surface area contributed by atoms with Crippen molar-refractivity contribution < 1.29 is 18.7 Å². The molecule has 1 aliphatic heterocycles. The van der Waals surface area contributed by atoms with Gasteiger partial charge in [0.2, 0.25) is 0 Å². The Hall–Kier alpha value is -3.21. The number of Topliss-reactive ketones (excluding diaryl/α,β-unsaturated/α-hetero) is 1. The van der Waals surface area contributed by atoms with Crippen LogP contribution in [-0.2, 0) is 16.0 Å². The molecule has 1 N–H and O–H groups in total. The van der Waals surface area contributed by atoms with Gasteiger partial charge in [-0.3, -0.25) is 14.8 Å². The van der Waals surface area contributed by atoms with Crippen LogP contribution in [0.15, 0.2) is 30.5 Å². The number of amides is 1. The van der Waals surface area contributed by atoms with Crippen LogP contribution in [0, 0.1) is 40.8 Å². The number of carbonyl (C=O) groups is 2. The second-order valence-electron chi connectivity index (χ2n) is 10.8. The van der Waals surface area contributed by atoms with Crippen molar-refractivity contribution in [2.24, 2.45) is 23.7 Å². The summed E-state index contributed by atoms with van der Waals surface area (Å²) in [7, 11) is 0. The summed E-state index contributed by atoms with van der Waals surface area (Å²) in [4.78, 5) is 28.1. The van der Waals surface area contributed by atoms with Crippen LogP contribution in [0.25, 0.3) is 11.3 Å². The molecular formula is C26H29FN4O3. The molecule has 2 aliphatic carbocycles. The number of nitriles is 1. The minimum Gasteiger partial charge on any atom is -0.444 e. The number of benzene rings is 1. The minimum absolute atomic E-state index is 0.0111. The van der Waals surface area contributed by atoms with E-state index in [1.807, 2.05) is 20.8 Å². The molecule has 2 heterocycles. The molecule has 0 radical (unpaired) electrons. The van der Waals surface area contributed by atoms with Gasteiger partial charge in [0.05, 0.1) is 23.7 Å². The Morgan fingerprint density at radius 2 is 2.06 bits per heavy atom. The third-order valence-corrected chi connectivity index (χ3v) is 7.41. The van der Waals surface area contributed by atoms with Crippen LogP contribution in [-0.4, -0.2) is 44.7 Å². The summed E-state index contributed by atoms with van der Waals surface area (Å²) in [5.41, 5.74) is 1.11. The van der Waals surface area contributed by atoms with E-state index >= 15 is 0 Å². The number of hydrogen-bond acceptors (Lipinski definition) is 5. The SMILES string of the molecule is CC(C)(C)OC(=O)N1[C@H](C(=O)C[C@H](C#N)Cc2ccc(-c3ccn[nH]3)cc2F)[C@@H]2C[C@H]1[C@H]1C[C@@H]21. The number of aromatic amines is 1. The summed E-state index contributed by atoms with van der Waals surface area (Å²) in [5.74, 6) is -0.114. The van der Waals surface area contributed by atoms with E-state index in [0.717, 1.165) is 12.8 Å². The molecule has 34 heavy (non-hydrogen) atoms. The third kappa shape index (κ3) is 4.08. The predicted octanol–water partition coefficient (Wildman–Crippen LogP) is 4.50. The van der Waals surface area contributed by atoms with Crippen LogP contribution in [0.1, 0.15) is 45.6 Å². The highest BCUT2D eigenvalue weighted by Crippen LogP contribution is 2.63. The van der Waals surface area contributed by atoms with Crippen molar-refractivity contribution in [3.05, 3.63) is 41.8 Å². The molecule has 3 aliphatic rings. The number of likely N-dealkylation sites (tertiary alicyclic amines) is 1. The monoisotopic (exact) mass is 464 g/mol. The van der Waals surface area contributed by atoms with Crippen molar-refractivity contribution in [2.75, 3.05) is 0 Å². The van der Waals surface area contributed by atoms with Gasteiger partial charge in [-0.2, -0.15) is 10.4 Å². The minimum atomic E-state index is -0.672. The van der Waals surface area contributed by atoms with E-state index in [4.69, 9.17) is 4.74 Å². The lowest BCUT2D eigenvalue weighted by Gasteiger charge is -2.35. The molecule has 6 atom stereocenters. The molecule has 2 saturated carbocycles. The van der Waals surface area contributed by atoms with Gasteiger partial charge in [-0.1, -0.05) is 12.1 Å². The Kier molecular flexibility index (Phi) is 5.46. The fourth-order valence-corrected chi connectivity index (χ4v) is 5.94. The first-order valence-corrected chi connectivity index (χ1v) is 11.9. The topological polar surface area (TPSA) is 99.1 Å². The standard InChI is InChI=1S/C26H29FN4O3/c1-26(2,3)34-25(33)31-22-12-19(17-11-18(17)22)24(31)23(32)9-14(13-28)8-15-4-5-16(10-20(15)27)21-6-7-29-30-21/h4-7,10,14,17-19,22,24H,8-9,11-12H2,1-3H3,(H,29,30)/t14-,17-,18+,19-,22+,24+/m1/s1. The van der Waals surface area contributed by atoms with Gasteiger partial charge in [0.15, 0.2) is 5.78 Å². The summed E-state index contributed by atoms with van der Waals surface area (Å²) < 4.78 is 20.4. The molecule has 5 rings (SSSR count). The zero-order valence-electron chi connectivity index (χ0n) is 19.6. The normalized spacial score (nSPS) is 27.7. The lowest BCUT2D eigenvalue weighted by Crippen LogP contribution is -2.51. The van der Waals surface area contributed by atoms with E-state index in [0.29, 0.717) is 28.7 Å². The maximum Gasteiger partial charge on any atom is 0.411 e. The summed E-state index contributed by atoms with van der Waals surface area (Å²) in [6, 6.07) is 8.27. The third-order valence-electron chi connectivity index (χ3n) is 7.41. The maximum atomic E-state index is 14.8. The number of ether oxygens (including phenoxy) is 1. The molecule has 7 nitrogen and oxygen atoms in total. The molecule has 8 heteroatoms. The Morgan fingerprint density at radius 1 is 1.26 bits per heavy atom. The van der Waals surface area contributed by atoms with Gasteiger partial charge >= 0.3 is 6.09 Å². The van der Waals surface area contributed by atoms with Crippen molar-refractivity contribution in [3.8, 4) is 17.3 Å². The van der Waals surface area contributed by atoms with Gasteiger partial charge in [0, 0.05) is 24.2 Å². The van der Waals surface area contributed by atoms with Crippen LogP contribution in [0.2, 0.25) is 0 Å². The molecule has 1 saturated heterocycles. The molecule has 1 aromatic carbocycles. The zero-order valence-corrected chi connectivity index (χ0v) is 19.6. The molecule has 2 bridgehead atoms. The van der Waals surface area contributed by atoms with E-state index < -0.39 is 29.5 Å². The summed E-state index contributed by atoms with van der Waals surface area (Å²) in [6.45, 7) is 5.44. The number of rotatable bonds is 6. The fraction of sp³-hybridized carbons (Fsp3) is 0.538. The van der Waals surface area contributed by atoms with Crippen molar-refractivity contribution in [1.29, 1.82) is 5.26 Å². The smallest absolute Gasteiger partial charge is 0.411 e. The van der Waals surface area contributed by atoms with E-state index in [-0.39, 0.29) is 30.6 Å². The molecular weight excluding hydrogens is 435 g/mol. The van der Waals surface area contributed by atoms with Gasteiger partial charge in [-0.05, 0) is 75.5 Å². The van der Waals surface area contributed by atoms with Gasteiger partial charge in [0.1, 0.15) is 11.4 Å². The molecule has 1 amide bonds. The molecule has 0 spiro atoms. The highest BCUT2D eigenvalue weighted by Gasteiger charge is 2.67. The average Bonchev–Trinajstić information content (AvgIpc) is 3.12. The number of ketones is 1. The highest BCUT2D eigenvalue weighted by atomic mass is 19.1. The Labute approximate surface area is 198 Å². The summed E-state index contributed by atoms with van der Waals surface area (Å²) in [6.07, 6.45) is 3.15. The van der Waals surface area contributed by atoms with E-state index in [1.165, 1.54) is 6.07 Å². The fourth-order valence-electron chi connectivity index (χ4n) is 5.94.